The zero-order chi connectivity index (χ0) is 20.8. The van der Waals surface area contributed by atoms with Crippen molar-refractivity contribution in [1.29, 1.82) is 0 Å². The number of hydrogen-bond donors (Lipinski definition) is 0. The molecule has 2 saturated heterocycles. The van der Waals surface area contributed by atoms with E-state index in [0.29, 0.717) is 26.1 Å². The Labute approximate surface area is 174 Å². The summed E-state index contributed by atoms with van der Waals surface area (Å²) in [5.41, 5.74) is 0. The van der Waals surface area contributed by atoms with Gasteiger partial charge in [0.05, 0.1) is 6.54 Å². The summed E-state index contributed by atoms with van der Waals surface area (Å²) in [6.45, 7) is 5.00. The number of nitrogens with zero attached hydrogens (tertiary/aromatic N) is 4. The third kappa shape index (κ3) is 6.18. The molecule has 0 saturated carbocycles. The molecule has 0 radical (unpaired) electrons. The first-order valence-electron chi connectivity index (χ1n) is 10.5. The molecule has 2 atom stereocenters. The zero-order valence-corrected chi connectivity index (χ0v) is 17.9. The van der Waals surface area contributed by atoms with Gasteiger partial charge in [-0.1, -0.05) is 18.2 Å². The van der Waals surface area contributed by atoms with Crippen molar-refractivity contribution in [2.24, 2.45) is 5.92 Å². The van der Waals surface area contributed by atoms with Gasteiger partial charge in [-0.15, -0.1) is 0 Å². The van der Waals surface area contributed by atoms with E-state index in [1.807, 2.05) is 59.1 Å². The summed E-state index contributed by atoms with van der Waals surface area (Å²) in [5.74, 6) is 1.11. The topological polar surface area (TPSA) is 56.3 Å². The Morgan fingerprint density at radius 3 is 2.34 bits per heavy atom. The number of carbonyl (C=O) groups excluding carboxylic acids is 2. The second-order valence-corrected chi connectivity index (χ2v) is 8.48. The fourth-order valence-electron chi connectivity index (χ4n) is 4.04. The summed E-state index contributed by atoms with van der Waals surface area (Å²) in [6, 6.07) is 9.76. The molecule has 2 fully saturated rings. The third-order valence-corrected chi connectivity index (χ3v) is 5.79. The lowest BCUT2D eigenvalue weighted by atomic mass is 9.90. The first kappa shape index (κ1) is 21.6. The molecular weight excluding hydrogens is 368 g/mol. The van der Waals surface area contributed by atoms with Gasteiger partial charge >= 0.3 is 0 Å². The van der Waals surface area contributed by atoms with Crippen molar-refractivity contribution in [2.75, 3.05) is 67.0 Å². The number of benzene rings is 1. The van der Waals surface area contributed by atoms with Crippen LogP contribution in [-0.2, 0) is 9.59 Å². The van der Waals surface area contributed by atoms with Crippen LogP contribution in [0.25, 0.3) is 0 Å². The average molecular weight is 403 g/mol. The highest BCUT2D eigenvalue weighted by molar-refractivity contribution is 5.79. The number of piperazine rings is 1. The monoisotopic (exact) mass is 402 g/mol. The predicted octanol–water partition coefficient (Wildman–Crippen LogP) is 1.01. The number of para-hydroxylation sites is 1. The van der Waals surface area contributed by atoms with Crippen molar-refractivity contribution in [2.45, 2.75) is 18.9 Å². The maximum Gasteiger partial charge on any atom is 0.236 e. The molecule has 1 aromatic rings. The molecule has 0 aliphatic carbocycles. The predicted molar refractivity (Wildman–Crippen MR) is 113 cm³/mol. The smallest absolute Gasteiger partial charge is 0.236 e. The second kappa shape index (κ2) is 10.1. The number of hydrogen-bond acceptors (Lipinski definition) is 5. The fourth-order valence-corrected chi connectivity index (χ4v) is 4.04. The number of ether oxygens (including phenoxy) is 1. The normalized spacial score (nSPS) is 23.3. The first-order valence-corrected chi connectivity index (χ1v) is 10.5. The van der Waals surface area contributed by atoms with Gasteiger partial charge in [0.25, 0.3) is 0 Å². The number of carbonyl (C=O) groups is 2. The molecule has 0 N–H and O–H groups in total. The van der Waals surface area contributed by atoms with Gasteiger partial charge in [0.2, 0.25) is 11.8 Å². The van der Waals surface area contributed by atoms with Crippen molar-refractivity contribution < 1.29 is 14.3 Å². The van der Waals surface area contributed by atoms with Crippen molar-refractivity contribution >= 4 is 11.8 Å². The van der Waals surface area contributed by atoms with Gasteiger partial charge < -0.3 is 24.3 Å². The maximum absolute atomic E-state index is 13.0. The van der Waals surface area contributed by atoms with E-state index < -0.39 is 0 Å². The summed E-state index contributed by atoms with van der Waals surface area (Å²) < 4.78 is 6.26. The summed E-state index contributed by atoms with van der Waals surface area (Å²) in [7, 11) is 5.88. The molecule has 1 aromatic carbocycles. The summed E-state index contributed by atoms with van der Waals surface area (Å²) in [6.07, 6.45) is 1.11. The third-order valence-electron chi connectivity index (χ3n) is 5.79. The lowest BCUT2D eigenvalue weighted by Gasteiger charge is -2.40. The maximum atomic E-state index is 13.0. The van der Waals surface area contributed by atoms with Gasteiger partial charge in [0, 0.05) is 58.0 Å². The Balaban J connectivity index is 1.66. The molecule has 7 nitrogen and oxygen atoms in total. The Morgan fingerprint density at radius 1 is 1.00 bits per heavy atom. The SMILES string of the molecule is CN(C)CC(=O)N1CC[C@H](Oc2ccccc2)[C@@H](CC(=O)N2CCN(C)CC2)C1. The molecule has 0 spiro atoms. The molecule has 0 unspecified atom stereocenters. The van der Waals surface area contributed by atoms with Gasteiger partial charge in [-0.2, -0.15) is 0 Å². The Bertz CT molecular complexity index is 674. The summed E-state index contributed by atoms with van der Waals surface area (Å²) >= 11 is 0. The van der Waals surface area contributed by atoms with Crippen LogP contribution in [0, 0.1) is 5.92 Å². The average Bonchev–Trinajstić information content (AvgIpc) is 2.70. The second-order valence-electron chi connectivity index (χ2n) is 8.48. The van der Waals surface area contributed by atoms with Crippen LogP contribution in [0.15, 0.2) is 30.3 Å². The Morgan fingerprint density at radius 2 is 1.69 bits per heavy atom. The van der Waals surface area contributed by atoms with E-state index in [1.165, 1.54) is 0 Å². The van der Waals surface area contributed by atoms with E-state index >= 15 is 0 Å². The van der Waals surface area contributed by atoms with Crippen LogP contribution in [0.2, 0.25) is 0 Å². The molecule has 2 amide bonds. The number of likely N-dealkylation sites (tertiary alicyclic amines) is 1. The molecule has 2 aliphatic heterocycles. The first-order chi connectivity index (χ1) is 13.9. The highest BCUT2D eigenvalue weighted by atomic mass is 16.5. The molecular formula is C22H34N4O3. The molecule has 2 aliphatic rings. The van der Waals surface area contributed by atoms with Crippen LogP contribution >= 0.6 is 0 Å². The summed E-state index contributed by atoms with van der Waals surface area (Å²) in [4.78, 5) is 33.5. The van der Waals surface area contributed by atoms with Crippen LogP contribution in [-0.4, -0.2) is 104 Å². The minimum Gasteiger partial charge on any atom is -0.490 e. The molecule has 0 aromatic heterocycles. The van der Waals surface area contributed by atoms with E-state index in [2.05, 4.69) is 11.9 Å². The molecule has 29 heavy (non-hydrogen) atoms. The fraction of sp³-hybridized carbons (Fsp3) is 0.636. The van der Waals surface area contributed by atoms with E-state index in [4.69, 9.17) is 4.74 Å². The van der Waals surface area contributed by atoms with E-state index in [0.717, 1.165) is 38.3 Å². The number of amides is 2. The van der Waals surface area contributed by atoms with E-state index in [1.54, 1.807) is 0 Å². The molecule has 2 heterocycles. The van der Waals surface area contributed by atoms with Crippen LogP contribution in [0.3, 0.4) is 0 Å². The van der Waals surface area contributed by atoms with Crippen LogP contribution in [0.1, 0.15) is 12.8 Å². The zero-order valence-electron chi connectivity index (χ0n) is 17.9. The lowest BCUT2D eigenvalue weighted by Crippen LogP contribution is -2.52. The van der Waals surface area contributed by atoms with Gasteiger partial charge in [0.1, 0.15) is 11.9 Å². The van der Waals surface area contributed by atoms with Crippen molar-refractivity contribution in [3.63, 3.8) is 0 Å². The highest BCUT2D eigenvalue weighted by Crippen LogP contribution is 2.26. The molecule has 7 heteroatoms. The van der Waals surface area contributed by atoms with Gasteiger partial charge in [-0.3, -0.25) is 9.59 Å². The molecule has 160 valence electrons. The quantitative estimate of drug-likeness (QED) is 0.711. The minimum atomic E-state index is -0.0581. The van der Waals surface area contributed by atoms with Crippen molar-refractivity contribution in [3.05, 3.63) is 30.3 Å². The number of rotatable bonds is 6. The van der Waals surface area contributed by atoms with E-state index in [-0.39, 0.29) is 23.8 Å². The standard InChI is InChI=1S/C22H34N4O3/c1-23(2)17-22(28)26-10-9-20(29-19-7-5-4-6-8-19)18(16-26)15-21(27)25-13-11-24(3)12-14-25/h4-8,18,20H,9-17H2,1-3H3/t18-,20-/m0/s1. The Hall–Kier alpha value is -2.12. The van der Waals surface area contributed by atoms with Crippen LogP contribution in [0.5, 0.6) is 5.75 Å². The van der Waals surface area contributed by atoms with Gasteiger partial charge in [0.15, 0.2) is 0 Å². The molecule has 3 rings (SSSR count). The van der Waals surface area contributed by atoms with Crippen molar-refractivity contribution in [3.8, 4) is 5.75 Å². The Kier molecular flexibility index (Phi) is 7.50. The molecule has 0 bridgehead atoms. The van der Waals surface area contributed by atoms with Crippen molar-refractivity contribution in [1.82, 2.24) is 19.6 Å². The van der Waals surface area contributed by atoms with Gasteiger partial charge in [-0.25, -0.2) is 0 Å². The number of piperidine rings is 1. The minimum absolute atomic E-state index is 0.00206. The largest absolute Gasteiger partial charge is 0.490 e. The number of likely N-dealkylation sites (N-methyl/N-ethyl adjacent to an activating group) is 2. The lowest BCUT2D eigenvalue weighted by molar-refractivity contribution is -0.140. The van der Waals surface area contributed by atoms with E-state index in [9.17, 15) is 9.59 Å². The summed E-state index contributed by atoms with van der Waals surface area (Å²) in [5, 5.41) is 0. The highest BCUT2D eigenvalue weighted by Gasteiger charge is 2.35. The van der Waals surface area contributed by atoms with Crippen LogP contribution < -0.4 is 4.74 Å². The van der Waals surface area contributed by atoms with Gasteiger partial charge in [-0.05, 0) is 33.3 Å². The van der Waals surface area contributed by atoms with Crippen LogP contribution in [0.4, 0.5) is 0 Å².